The summed E-state index contributed by atoms with van der Waals surface area (Å²) in [5.74, 6) is 0. The van der Waals surface area contributed by atoms with Gasteiger partial charge in [-0.3, -0.25) is 0 Å². The molecule has 0 aliphatic heterocycles. The van der Waals surface area contributed by atoms with Gasteiger partial charge in [-0.1, -0.05) is 13.3 Å². The summed E-state index contributed by atoms with van der Waals surface area (Å²) in [6, 6.07) is 0. The number of unbranched alkanes of at least 4 members (excludes halogenated alkanes) is 1. The van der Waals surface area contributed by atoms with Crippen molar-refractivity contribution in [2.45, 2.75) is 39.2 Å². The summed E-state index contributed by atoms with van der Waals surface area (Å²) in [7, 11) is -0.222. The second-order valence-electron chi connectivity index (χ2n) is 4.14. The molecule has 1 atom stereocenters. The Morgan fingerprint density at radius 2 is 1.69 bits per heavy atom. The van der Waals surface area contributed by atoms with Crippen LogP contribution in [-0.2, 0) is 10.2 Å². The largest absolute Gasteiger partial charge is 0.393 e. The Hall–Kier alpha value is -0.170. The first-order chi connectivity index (χ1) is 7.32. The summed E-state index contributed by atoms with van der Waals surface area (Å²) in [6.45, 7) is 4.56. The van der Waals surface area contributed by atoms with Crippen LogP contribution in [0.3, 0.4) is 0 Å². The van der Waals surface area contributed by atoms with Gasteiger partial charge in [0.2, 0.25) is 0 Å². The zero-order valence-electron chi connectivity index (χ0n) is 10.7. The molecule has 0 aromatic carbocycles. The molecule has 1 N–H and O–H groups in total. The van der Waals surface area contributed by atoms with Crippen LogP contribution < -0.4 is 0 Å². The average molecular weight is 252 g/mol. The number of aliphatic hydroxyl groups excluding tert-OH is 1. The highest BCUT2D eigenvalue weighted by Crippen LogP contribution is 2.07. The van der Waals surface area contributed by atoms with E-state index in [4.69, 9.17) is 5.11 Å². The fourth-order valence-corrected chi connectivity index (χ4v) is 2.39. The second kappa shape index (κ2) is 7.21. The lowest BCUT2D eigenvalue weighted by molar-refractivity contribution is 0.176. The molecule has 98 valence electrons. The summed E-state index contributed by atoms with van der Waals surface area (Å²) in [4.78, 5) is 0. The van der Waals surface area contributed by atoms with Gasteiger partial charge in [0.15, 0.2) is 0 Å². The Balaban J connectivity index is 4.29. The normalized spacial score (nSPS) is 14.7. The summed E-state index contributed by atoms with van der Waals surface area (Å²) >= 11 is 0. The minimum Gasteiger partial charge on any atom is -0.393 e. The molecule has 0 amide bonds. The molecule has 6 heteroatoms. The van der Waals surface area contributed by atoms with E-state index in [0.29, 0.717) is 19.5 Å². The van der Waals surface area contributed by atoms with Gasteiger partial charge in [-0.05, 0) is 19.8 Å². The summed E-state index contributed by atoms with van der Waals surface area (Å²) in [5, 5.41) is 9.11. The zero-order valence-corrected chi connectivity index (χ0v) is 11.5. The van der Waals surface area contributed by atoms with E-state index < -0.39 is 16.3 Å². The standard InChI is InChI=1S/C10H24N2O3S/c1-5-6-8-11(3)16(14,15)12(4)9-7-10(2)13/h10,13H,5-9H2,1-4H3. The molecule has 0 heterocycles. The predicted octanol–water partition coefficient (Wildman–Crippen LogP) is 0.666. The van der Waals surface area contributed by atoms with Gasteiger partial charge in [-0.15, -0.1) is 0 Å². The van der Waals surface area contributed by atoms with Crippen molar-refractivity contribution in [3.8, 4) is 0 Å². The molecule has 0 aromatic heterocycles. The van der Waals surface area contributed by atoms with Crippen LogP contribution in [0.15, 0.2) is 0 Å². The molecule has 0 radical (unpaired) electrons. The van der Waals surface area contributed by atoms with Crippen LogP contribution in [0.5, 0.6) is 0 Å². The first kappa shape index (κ1) is 15.8. The second-order valence-corrected chi connectivity index (χ2v) is 6.28. The lowest BCUT2D eigenvalue weighted by atomic mass is 10.3. The van der Waals surface area contributed by atoms with E-state index in [1.807, 2.05) is 6.92 Å². The van der Waals surface area contributed by atoms with Gasteiger partial charge in [-0.2, -0.15) is 17.0 Å². The molecule has 0 aliphatic carbocycles. The highest BCUT2D eigenvalue weighted by molar-refractivity contribution is 7.86. The Morgan fingerprint density at radius 3 is 2.12 bits per heavy atom. The molecule has 0 aliphatic rings. The lowest BCUT2D eigenvalue weighted by Crippen LogP contribution is -2.41. The van der Waals surface area contributed by atoms with Gasteiger partial charge in [0, 0.05) is 27.2 Å². The van der Waals surface area contributed by atoms with Crippen LogP contribution in [0.2, 0.25) is 0 Å². The van der Waals surface area contributed by atoms with Crippen molar-refractivity contribution in [3.05, 3.63) is 0 Å². The fourth-order valence-electron chi connectivity index (χ4n) is 1.22. The van der Waals surface area contributed by atoms with Crippen molar-refractivity contribution in [2.75, 3.05) is 27.2 Å². The van der Waals surface area contributed by atoms with Crippen molar-refractivity contribution in [1.82, 2.24) is 8.61 Å². The van der Waals surface area contributed by atoms with Crippen molar-refractivity contribution < 1.29 is 13.5 Å². The van der Waals surface area contributed by atoms with Gasteiger partial charge in [0.25, 0.3) is 10.2 Å². The molecule has 0 fully saturated rings. The minimum absolute atomic E-state index is 0.344. The summed E-state index contributed by atoms with van der Waals surface area (Å²) < 4.78 is 26.5. The third-order valence-corrected chi connectivity index (χ3v) is 4.42. The first-order valence-electron chi connectivity index (χ1n) is 5.68. The molecule has 0 aromatic rings. The minimum atomic E-state index is -3.35. The highest BCUT2D eigenvalue weighted by atomic mass is 32.2. The Labute approximate surface area is 99.2 Å². The van der Waals surface area contributed by atoms with Crippen LogP contribution in [0.1, 0.15) is 33.1 Å². The zero-order chi connectivity index (χ0) is 12.8. The maximum atomic E-state index is 11.9. The van der Waals surface area contributed by atoms with E-state index in [0.717, 1.165) is 12.8 Å². The third-order valence-electron chi connectivity index (χ3n) is 2.48. The molecule has 16 heavy (non-hydrogen) atoms. The summed E-state index contributed by atoms with van der Waals surface area (Å²) in [5.41, 5.74) is 0. The van der Waals surface area contributed by atoms with Crippen molar-refractivity contribution in [1.29, 1.82) is 0 Å². The van der Waals surface area contributed by atoms with Crippen LogP contribution in [-0.4, -0.2) is 55.4 Å². The molecule has 5 nitrogen and oxygen atoms in total. The van der Waals surface area contributed by atoms with E-state index in [2.05, 4.69) is 0 Å². The van der Waals surface area contributed by atoms with E-state index >= 15 is 0 Å². The maximum absolute atomic E-state index is 11.9. The highest BCUT2D eigenvalue weighted by Gasteiger charge is 2.22. The number of hydrogen-bond acceptors (Lipinski definition) is 3. The smallest absolute Gasteiger partial charge is 0.281 e. The van der Waals surface area contributed by atoms with Crippen molar-refractivity contribution in [3.63, 3.8) is 0 Å². The Kier molecular flexibility index (Phi) is 7.14. The first-order valence-corrected chi connectivity index (χ1v) is 7.07. The number of hydrogen-bond donors (Lipinski definition) is 1. The van der Waals surface area contributed by atoms with Crippen LogP contribution >= 0.6 is 0 Å². The van der Waals surface area contributed by atoms with E-state index in [9.17, 15) is 8.42 Å². The fraction of sp³-hybridized carbons (Fsp3) is 1.00. The van der Waals surface area contributed by atoms with E-state index in [1.54, 1.807) is 21.0 Å². The van der Waals surface area contributed by atoms with Gasteiger partial charge < -0.3 is 5.11 Å². The molecular weight excluding hydrogens is 228 g/mol. The van der Waals surface area contributed by atoms with Gasteiger partial charge >= 0.3 is 0 Å². The lowest BCUT2D eigenvalue weighted by Gasteiger charge is -2.24. The molecular formula is C10H24N2O3S. The SMILES string of the molecule is CCCCN(C)S(=O)(=O)N(C)CCC(C)O. The van der Waals surface area contributed by atoms with E-state index in [1.165, 1.54) is 8.61 Å². The molecule has 0 bridgehead atoms. The Bertz CT molecular complexity index is 278. The monoisotopic (exact) mass is 252 g/mol. The summed E-state index contributed by atoms with van der Waals surface area (Å²) in [6.07, 6.45) is 1.81. The van der Waals surface area contributed by atoms with Crippen LogP contribution in [0.4, 0.5) is 0 Å². The third kappa shape index (κ3) is 5.25. The van der Waals surface area contributed by atoms with Crippen LogP contribution in [0.25, 0.3) is 0 Å². The topological polar surface area (TPSA) is 60.9 Å². The van der Waals surface area contributed by atoms with Crippen molar-refractivity contribution >= 4 is 10.2 Å². The number of nitrogens with zero attached hydrogens (tertiary/aromatic N) is 2. The maximum Gasteiger partial charge on any atom is 0.281 e. The molecule has 0 rings (SSSR count). The Morgan fingerprint density at radius 1 is 1.19 bits per heavy atom. The number of aliphatic hydroxyl groups is 1. The average Bonchev–Trinajstić information content (AvgIpc) is 2.21. The van der Waals surface area contributed by atoms with Crippen LogP contribution in [0, 0.1) is 0 Å². The predicted molar refractivity (Wildman–Crippen MR) is 65.4 cm³/mol. The van der Waals surface area contributed by atoms with Gasteiger partial charge in [-0.25, -0.2) is 0 Å². The quantitative estimate of drug-likeness (QED) is 0.690. The van der Waals surface area contributed by atoms with Gasteiger partial charge in [0.1, 0.15) is 0 Å². The molecule has 0 spiro atoms. The van der Waals surface area contributed by atoms with Gasteiger partial charge in [0.05, 0.1) is 6.10 Å². The molecule has 0 saturated heterocycles. The number of rotatable bonds is 8. The van der Waals surface area contributed by atoms with E-state index in [-0.39, 0.29) is 0 Å². The molecule has 0 saturated carbocycles. The molecule has 1 unspecified atom stereocenters. The van der Waals surface area contributed by atoms with Crippen molar-refractivity contribution in [2.24, 2.45) is 0 Å².